The first kappa shape index (κ1) is 10.8. The number of nitrogens with zero attached hydrogens (tertiary/aromatic N) is 2. The number of hydrogen-bond donors (Lipinski definition) is 0. The smallest absolute Gasteiger partial charge is 0.208 e. The van der Waals surface area contributed by atoms with Crippen LogP contribution in [0.4, 0.5) is 0 Å². The van der Waals surface area contributed by atoms with Crippen molar-refractivity contribution in [2.24, 2.45) is 0 Å². The molecule has 4 heteroatoms. The van der Waals surface area contributed by atoms with Crippen LogP contribution in [0.25, 0.3) is 0 Å². The topological polar surface area (TPSA) is 52.1 Å². The minimum atomic E-state index is -0.133. The number of Topliss-reactive ketones (excluding diaryl/α,β-unsaturated/α-hetero) is 1. The first-order chi connectivity index (χ1) is 6.59. The number of rotatable bonds is 4. The van der Waals surface area contributed by atoms with Crippen LogP contribution < -0.4 is 0 Å². The average Bonchev–Trinajstić information content (AvgIpc) is 2.15. The van der Waals surface area contributed by atoms with Gasteiger partial charge in [-0.2, -0.15) is 0 Å². The SMILES string of the molecule is Cc1cnc(C(=O)COC(C)C)cn1. The normalized spacial score (nSPS) is 10.6. The van der Waals surface area contributed by atoms with Crippen molar-refractivity contribution in [2.75, 3.05) is 6.61 Å². The maximum Gasteiger partial charge on any atom is 0.208 e. The largest absolute Gasteiger partial charge is 0.371 e. The van der Waals surface area contributed by atoms with Crippen LogP contribution in [0.2, 0.25) is 0 Å². The monoisotopic (exact) mass is 194 g/mol. The Morgan fingerprint density at radius 3 is 2.64 bits per heavy atom. The highest BCUT2D eigenvalue weighted by Gasteiger charge is 2.08. The van der Waals surface area contributed by atoms with E-state index in [1.165, 1.54) is 6.20 Å². The van der Waals surface area contributed by atoms with Gasteiger partial charge in [-0.15, -0.1) is 0 Å². The highest BCUT2D eigenvalue weighted by Crippen LogP contribution is 1.97. The number of ketones is 1. The van der Waals surface area contributed by atoms with Gasteiger partial charge in [0, 0.05) is 6.20 Å². The molecule has 0 spiro atoms. The molecule has 0 saturated carbocycles. The van der Waals surface area contributed by atoms with Crippen LogP contribution in [0.1, 0.15) is 30.0 Å². The van der Waals surface area contributed by atoms with Crippen molar-refractivity contribution in [3.05, 3.63) is 23.8 Å². The Bertz CT molecular complexity index is 306. The fourth-order valence-electron chi connectivity index (χ4n) is 0.853. The van der Waals surface area contributed by atoms with Gasteiger partial charge in [-0.25, -0.2) is 4.98 Å². The van der Waals surface area contributed by atoms with Crippen molar-refractivity contribution < 1.29 is 9.53 Å². The molecule has 1 aromatic heterocycles. The van der Waals surface area contributed by atoms with E-state index in [1.807, 2.05) is 20.8 Å². The molecule has 0 aromatic carbocycles. The first-order valence-corrected chi connectivity index (χ1v) is 4.53. The third-order valence-corrected chi connectivity index (χ3v) is 1.61. The van der Waals surface area contributed by atoms with E-state index in [0.717, 1.165) is 5.69 Å². The predicted octanol–water partition coefficient (Wildman–Crippen LogP) is 1.39. The number of carbonyl (C=O) groups excluding carboxylic acids is 1. The third kappa shape index (κ3) is 3.22. The zero-order valence-electron chi connectivity index (χ0n) is 8.65. The van der Waals surface area contributed by atoms with Gasteiger partial charge in [0.1, 0.15) is 12.3 Å². The lowest BCUT2D eigenvalue weighted by molar-refractivity contribution is 0.0580. The van der Waals surface area contributed by atoms with Gasteiger partial charge in [-0.05, 0) is 20.8 Å². The molecule has 0 aliphatic heterocycles. The van der Waals surface area contributed by atoms with Crippen LogP contribution in [-0.4, -0.2) is 28.5 Å². The van der Waals surface area contributed by atoms with Crippen LogP contribution in [-0.2, 0) is 4.74 Å². The van der Waals surface area contributed by atoms with Gasteiger partial charge >= 0.3 is 0 Å². The quantitative estimate of drug-likeness (QED) is 0.680. The summed E-state index contributed by atoms with van der Waals surface area (Å²) in [6.07, 6.45) is 3.10. The molecule has 0 bridgehead atoms. The van der Waals surface area contributed by atoms with Crippen molar-refractivity contribution >= 4 is 5.78 Å². The van der Waals surface area contributed by atoms with Crippen molar-refractivity contribution in [2.45, 2.75) is 26.9 Å². The van der Waals surface area contributed by atoms with Crippen molar-refractivity contribution in [3.63, 3.8) is 0 Å². The van der Waals surface area contributed by atoms with Crippen LogP contribution >= 0.6 is 0 Å². The van der Waals surface area contributed by atoms with E-state index < -0.39 is 0 Å². The number of ether oxygens (including phenoxy) is 1. The van der Waals surface area contributed by atoms with E-state index in [2.05, 4.69) is 9.97 Å². The standard InChI is InChI=1S/C10H14N2O2/c1-7(2)14-6-10(13)9-5-11-8(3)4-12-9/h4-5,7H,6H2,1-3H3. The fourth-order valence-corrected chi connectivity index (χ4v) is 0.853. The zero-order valence-corrected chi connectivity index (χ0v) is 8.65. The molecule has 0 unspecified atom stereocenters. The summed E-state index contributed by atoms with van der Waals surface area (Å²) in [6, 6.07) is 0. The minimum Gasteiger partial charge on any atom is -0.371 e. The van der Waals surface area contributed by atoms with Gasteiger partial charge in [-0.1, -0.05) is 0 Å². The summed E-state index contributed by atoms with van der Waals surface area (Å²) in [5, 5.41) is 0. The van der Waals surface area contributed by atoms with Crippen LogP contribution in [0.15, 0.2) is 12.4 Å². The second kappa shape index (κ2) is 4.81. The van der Waals surface area contributed by atoms with E-state index in [4.69, 9.17) is 4.74 Å². The Morgan fingerprint density at radius 2 is 2.14 bits per heavy atom. The molecule has 4 nitrogen and oxygen atoms in total. The first-order valence-electron chi connectivity index (χ1n) is 4.53. The van der Waals surface area contributed by atoms with E-state index in [9.17, 15) is 4.79 Å². The Morgan fingerprint density at radius 1 is 1.43 bits per heavy atom. The Balaban J connectivity index is 2.57. The van der Waals surface area contributed by atoms with Crippen LogP contribution in [0.5, 0.6) is 0 Å². The van der Waals surface area contributed by atoms with Gasteiger partial charge in [0.2, 0.25) is 5.78 Å². The second-order valence-corrected chi connectivity index (χ2v) is 3.33. The van der Waals surface area contributed by atoms with Crippen LogP contribution in [0.3, 0.4) is 0 Å². The lowest BCUT2D eigenvalue weighted by Crippen LogP contribution is -2.14. The van der Waals surface area contributed by atoms with E-state index in [1.54, 1.807) is 6.20 Å². The molecular formula is C10H14N2O2. The van der Waals surface area contributed by atoms with E-state index >= 15 is 0 Å². The van der Waals surface area contributed by atoms with Gasteiger partial charge in [0.25, 0.3) is 0 Å². The Hall–Kier alpha value is -1.29. The van der Waals surface area contributed by atoms with Crippen LogP contribution in [0, 0.1) is 6.92 Å². The number of aryl methyl sites for hydroxylation is 1. The lowest BCUT2D eigenvalue weighted by Gasteiger charge is -2.05. The average molecular weight is 194 g/mol. The maximum atomic E-state index is 11.4. The molecule has 76 valence electrons. The van der Waals surface area contributed by atoms with E-state index in [0.29, 0.717) is 5.69 Å². The highest BCUT2D eigenvalue weighted by molar-refractivity contribution is 5.94. The molecule has 0 saturated heterocycles. The number of carbonyl (C=O) groups is 1. The fraction of sp³-hybridized carbons (Fsp3) is 0.500. The molecule has 0 radical (unpaired) electrons. The number of aromatic nitrogens is 2. The summed E-state index contributed by atoms with van der Waals surface area (Å²) in [4.78, 5) is 19.4. The molecule has 1 rings (SSSR count). The molecule has 0 fully saturated rings. The third-order valence-electron chi connectivity index (χ3n) is 1.61. The molecule has 1 heterocycles. The van der Waals surface area contributed by atoms with Gasteiger partial charge < -0.3 is 4.74 Å². The maximum absolute atomic E-state index is 11.4. The Labute approximate surface area is 83.3 Å². The van der Waals surface area contributed by atoms with E-state index in [-0.39, 0.29) is 18.5 Å². The molecule has 0 atom stereocenters. The summed E-state index contributed by atoms with van der Waals surface area (Å²) < 4.78 is 5.17. The molecule has 14 heavy (non-hydrogen) atoms. The van der Waals surface area contributed by atoms with Gasteiger partial charge in [0.05, 0.1) is 18.0 Å². The summed E-state index contributed by atoms with van der Waals surface area (Å²) in [6.45, 7) is 5.66. The summed E-state index contributed by atoms with van der Waals surface area (Å²) in [5.74, 6) is -0.133. The van der Waals surface area contributed by atoms with Crippen molar-refractivity contribution in [3.8, 4) is 0 Å². The summed E-state index contributed by atoms with van der Waals surface area (Å²) in [7, 11) is 0. The minimum absolute atomic E-state index is 0.0531. The molecule has 0 aliphatic carbocycles. The lowest BCUT2D eigenvalue weighted by atomic mass is 10.3. The zero-order chi connectivity index (χ0) is 10.6. The van der Waals surface area contributed by atoms with Gasteiger partial charge in [0.15, 0.2) is 0 Å². The molecule has 0 aliphatic rings. The van der Waals surface area contributed by atoms with Crippen molar-refractivity contribution in [1.29, 1.82) is 0 Å². The summed E-state index contributed by atoms with van der Waals surface area (Å²) in [5.41, 5.74) is 1.16. The van der Waals surface area contributed by atoms with Crippen molar-refractivity contribution in [1.82, 2.24) is 9.97 Å². The molecular weight excluding hydrogens is 180 g/mol. The summed E-state index contributed by atoms with van der Waals surface area (Å²) >= 11 is 0. The predicted molar refractivity (Wildman–Crippen MR) is 52.2 cm³/mol. The Kier molecular flexibility index (Phi) is 3.71. The molecule has 0 amide bonds. The second-order valence-electron chi connectivity index (χ2n) is 3.33. The molecule has 1 aromatic rings. The molecule has 0 N–H and O–H groups in total. The number of hydrogen-bond acceptors (Lipinski definition) is 4. The van der Waals surface area contributed by atoms with Gasteiger partial charge in [-0.3, -0.25) is 9.78 Å². The highest BCUT2D eigenvalue weighted by atomic mass is 16.5.